The summed E-state index contributed by atoms with van der Waals surface area (Å²) in [6.45, 7) is 3.19. The molecule has 1 N–H and O–H groups in total. The molecule has 0 aromatic heterocycles. The molecule has 0 radical (unpaired) electrons. The van der Waals surface area contributed by atoms with E-state index in [0.717, 1.165) is 0 Å². The molecule has 2 rings (SSSR count). The van der Waals surface area contributed by atoms with E-state index in [2.05, 4.69) is 0 Å². The van der Waals surface area contributed by atoms with Gasteiger partial charge in [-0.25, -0.2) is 8.42 Å². The summed E-state index contributed by atoms with van der Waals surface area (Å²) in [4.78, 5) is 11.5. The number of carbonyl (C=O) groups excluding carboxylic acids is 1. The van der Waals surface area contributed by atoms with Crippen LogP contribution in [0.15, 0.2) is 41.3 Å². The normalized spacial score (nSPS) is 11.2. The molecule has 0 saturated carbocycles. The number of halogens is 1. The third-order valence-electron chi connectivity index (χ3n) is 3.26. The lowest BCUT2D eigenvalue weighted by Crippen LogP contribution is -2.05. The molecule has 0 atom stereocenters. The molecule has 2 aromatic carbocycles. The maximum atomic E-state index is 11.9. The van der Waals surface area contributed by atoms with E-state index in [1.807, 2.05) is 0 Å². The van der Waals surface area contributed by atoms with Crippen LogP contribution in [0.3, 0.4) is 0 Å². The lowest BCUT2D eigenvalue weighted by Gasteiger charge is -2.11. The van der Waals surface area contributed by atoms with Gasteiger partial charge in [-0.05, 0) is 18.2 Å². The number of carbonyl (C=O) groups is 1. The minimum absolute atomic E-state index is 0.0394. The molecule has 6 nitrogen and oxygen atoms in total. The molecule has 0 aliphatic carbocycles. The van der Waals surface area contributed by atoms with Gasteiger partial charge >= 0.3 is 5.97 Å². The molecular weight excluding hydrogens is 368 g/mol. The van der Waals surface area contributed by atoms with Gasteiger partial charge in [-0.2, -0.15) is 0 Å². The van der Waals surface area contributed by atoms with Gasteiger partial charge < -0.3 is 14.6 Å². The molecule has 0 saturated heterocycles. The number of benzene rings is 2. The molecule has 0 bridgehead atoms. The lowest BCUT2D eigenvalue weighted by molar-refractivity contribution is -0.134. The topological polar surface area (TPSA) is 89.9 Å². The summed E-state index contributed by atoms with van der Waals surface area (Å²) in [6, 6.07) is 8.12. The Bertz CT molecular complexity index is 892. The van der Waals surface area contributed by atoms with Crippen molar-refractivity contribution in [1.29, 1.82) is 0 Å². The van der Waals surface area contributed by atoms with Crippen LogP contribution in [0.2, 0.25) is 5.02 Å². The van der Waals surface area contributed by atoms with Crippen molar-refractivity contribution in [2.45, 2.75) is 25.2 Å². The summed E-state index contributed by atoms with van der Waals surface area (Å²) in [5.74, 6) is -0.131. The van der Waals surface area contributed by atoms with Gasteiger partial charge in [0.1, 0.15) is 23.0 Å². The molecule has 0 fully saturated rings. The number of phenols is 1. The zero-order chi connectivity index (χ0) is 18.6. The van der Waals surface area contributed by atoms with Crippen molar-refractivity contribution in [2.75, 3.05) is 5.75 Å². The summed E-state index contributed by atoms with van der Waals surface area (Å²) in [5.41, 5.74) is 0. The Balaban J connectivity index is 2.29. The largest absolute Gasteiger partial charge is 0.508 e. The van der Waals surface area contributed by atoms with E-state index >= 15 is 0 Å². The summed E-state index contributed by atoms with van der Waals surface area (Å²) in [6.07, 6.45) is 0.186. The second kappa shape index (κ2) is 7.76. The molecule has 0 aliphatic rings. The van der Waals surface area contributed by atoms with Crippen LogP contribution in [-0.4, -0.2) is 25.2 Å². The molecule has 8 heteroatoms. The lowest BCUT2D eigenvalue weighted by atomic mass is 10.3. The van der Waals surface area contributed by atoms with Gasteiger partial charge in [0.2, 0.25) is 0 Å². The van der Waals surface area contributed by atoms with E-state index in [4.69, 9.17) is 21.1 Å². The molecule has 0 unspecified atom stereocenters. The fraction of sp³-hybridized carbons (Fsp3) is 0.235. The highest BCUT2D eigenvalue weighted by molar-refractivity contribution is 7.91. The average molecular weight is 385 g/mol. The first-order chi connectivity index (χ1) is 11.7. The number of sulfone groups is 1. The monoisotopic (exact) mass is 384 g/mol. The van der Waals surface area contributed by atoms with Crippen molar-refractivity contribution < 1.29 is 27.8 Å². The van der Waals surface area contributed by atoms with Gasteiger partial charge in [-0.3, -0.25) is 4.79 Å². The molecule has 0 spiro atoms. The quantitative estimate of drug-likeness (QED) is 0.599. The van der Waals surface area contributed by atoms with Crippen LogP contribution in [0.25, 0.3) is 0 Å². The molecular formula is C17H17ClO6S. The first kappa shape index (κ1) is 19.1. The number of rotatable bonds is 6. The van der Waals surface area contributed by atoms with E-state index in [1.54, 1.807) is 13.8 Å². The van der Waals surface area contributed by atoms with Crippen LogP contribution in [0.4, 0.5) is 0 Å². The van der Waals surface area contributed by atoms with Crippen molar-refractivity contribution in [1.82, 2.24) is 0 Å². The van der Waals surface area contributed by atoms with Crippen molar-refractivity contribution in [2.24, 2.45) is 0 Å². The van der Waals surface area contributed by atoms with Gasteiger partial charge in [0.25, 0.3) is 0 Å². The third-order valence-corrected chi connectivity index (χ3v) is 5.28. The van der Waals surface area contributed by atoms with Gasteiger partial charge in [-0.1, -0.05) is 25.4 Å². The second-order valence-corrected chi connectivity index (χ2v) is 7.77. The second-order valence-electron chi connectivity index (χ2n) is 5.09. The van der Waals surface area contributed by atoms with Crippen LogP contribution in [-0.2, 0) is 14.6 Å². The number of ether oxygens (including phenoxy) is 2. The number of phenolic OH excluding ortho intramolecular Hbond substituents is 1. The van der Waals surface area contributed by atoms with E-state index in [0.29, 0.717) is 0 Å². The van der Waals surface area contributed by atoms with Crippen LogP contribution in [0.1, 0.15) is 20.3 Å². The zero-order valence-electron chi connectivity index (χ0n) is 13.7. The van der Waals surface area contributed by atoms with Crippen molar-refractivity contribution in [3.05, 3.63) is 41.4 Å². The molecule has 134 valence electrons. The SMILES string of the molecule is CCC(=O)Oc1cc(O)cc(Oc2ccc(S(=O)(=O)CC)cc2Cl)c1. The van der Waals surface area contributed by atoms with E-state index in [-0.39, 0.29) is 45.1 Å². The summed E-state index contributed by atoms with van der Waals surface area (Å²) in [5, 5.41) is 9.83. The number of esters is 1. The summed E-state index contributed by atoms with van der Waals surface area (Å²) >= 11 is 6.09. The molecule has 0 amide bonds. The number of aromatic hydroxyl groups is 1. The summed E-state index contributed by atoms with van der Waals surface area (Å²) < 4.78 is 34.3. The Morgan fingerprint density at radius 1 is 1.12 bits per heavy atom. The maximum Gasteiger partial charge on any atom is 0.310 e. The highest BCUT2D eigenvalue weighted by Gasteiger charge is 2.15. The average Bonchev–Trinajstić information content (AvgIpc) is 2.56. The van der Waals surface area contributed by atoms with Crippen molar-refractivity contribution >= 4 is 27.4 Å². The van der Waals surface area contributed by atoms with Gasteiger partial charge in [0.15, 0.2) is 9.84 Å². The van der Waals surface area contributed by atoms with Crippen molar-refractivity contribution in [3.8, 4) is 23.0 Å². The Labute approximate surface area is 150 Å². The standard InChI is InChI=1S/C17H17ClO6S/c1-3-17(20)24-13-8-11(19)7-12(9-13)23-16-6-5-14(10-15(16)18)25(21,22)4-2/h5-10,19H,3-4H2,1-2H3. The first-order valence-corrected chi connectivity index (χ1v) is 9.53. The van der Waals surface area contributed by atoms with Crippen LogP contribution < -0.4 is 9.47 Å². The van der Waals surface area contributed by atoms with E-state index in [1.165, 1.54) is 36.4 Å². The molecule has 0 aliphatic heterocycles. The van der Waals surface area contributed by atoms with E-state index < -0.39 is 15.8 Å². The minimum Gasteiger partial charge on any atom is -0.508 e. The van der Waals surface area contributed by atoms with Crippen LogP contribution >= 0.6 is 11.6 Å². The molecule has 0 heterocycles. The Morgan fingerprint density at radius 2 is 1.80 bits per heavy atom. The molecule has 2 aromatic rings. The van der Waals surface area contributed by atoms with Gasteiger partial charge in [0, 0.05) is 24.6 Å². The minimum atomic E-state index is -3.38. The number of hydrogen-bond acceptors (Lipinski definition) is 6. The van der Waals surface area contributed by atoms with Crippen LogP contribution in [0, 0.1) is 0 Å². The van der Waals surface area contributed by atoms with Gasteiger partial charge in [0.05, 0.1) is 15.7 Å². The maximum absolute atomic E-state index is 11.9. The highest BCUT2D eigenvalue weighted by atomic mass is 35.5. The number of hydrogen-bond donors (Lipinski definition) is 1. The fourth-order valence-corrected chi connectivity index (χ4v) is 3.12. The smallest absolute Gasteiger partial charge is 0.310 e. The zero-order valence-corrected chi connectivity index (χ0v) is 15.2. The van der Waals surface area contributed by atoms with Crippen molar-refractivity contribution in [3.63, 3.8) is 0 Å². The Hall–Kier alpha value is -2.25. The third kappa shape index (κ3) is 4.87. The fourth-order valence-electron chi connectivity index (χ4n) is 1.93. The first-order valence-electron chi connectivity index (χ1n) is 7.50. The predicted molar refractivity (Wildman–Crippen MR) is 93.3 cm³/mol. The highest BCUT2D eigenvalue weighted by Crippen LogP contribution is 2.35. The Kier molecular flexibility index (Phi) is 5.92. The Morgan fingerprint density at radius 3 is 2.40 bits per heavy atom. The molecule has 25 heavy (non-hydrogen) atoms. The summed E-state index contributed by atoms with van der Waals surface area (Å²) in [7, 11) is -3.38. The van der Waals surface area contributed by atoms with Crippen LogP contribution in [0.5, 0.6) is 23.0 Å². The van der Waals surface area contributed by atoms with Gasteiger partial charge in [-0.15, -0.1) is 0 Å². The van der Waals surface area contributed by atoms with E-state index in [9.17, 15) is 18.3 Å². The predicted octanol–water partition coefficient (Wildman–Crippen LogP) is 3.95.